The highest BCUT2D eigenvalue weighted by molar-refractivity contribution is 6.31. The highest BCUT2D eigenvalue weighted by atomic mass is 35.5. The van der Waals surface area contributed by atoms with Crippen LogP contribution >= 0.6 is 11.6 Å². The van der Waals surface area contributed by atoms with E-state index in [2.05, 4.69) is 32.2 Å². The van der Waals surface area contributed by atoms with Crippen LogP contribution in [0.4, 0.5) is 4.79 Å². The van der Waals surface area contributed by atoms with Crippen LogP contribution in [0.5, 0.6) is 0 Å². The van der Waals surface area contributed by atoms with E-state index >= 15 is 0 Å². The van der Waals surface area contributed by atoms with Crippen LogP contribution in [-0.2, 0) is 22.5 Å². The number of nitrogens with zero attached hydrogens (tertiary/aromatic N) is 7. The average molecular weight is 570 g/mol. The summed E-state index contributed by atoms with van der Waals surface area (Å²) < 4.78 is 6.90. The summed E-state index contributed by atoms with van der Waals surface area (Å²) in [6.45, 7) is 2.43. The lowest BCUT2D eigenvalue weighted by atomic mass is 9.98. The molecule has 2 heterocycles. The zero-order chi connectivity index (χ0) is 28.5. The topological polar surface area (TPSA) is 158 Å². The monoisotopic (exact) mass is 569 g/mol. The summed E-state index contributed by atoms with van der Waals surface area (Å²) in [6.07, 6.45) is 2.80. The van der Waals surface area contributed by atoms with E-state index in [-0.39, 0.29) is 30.6 Å². The first kappa shape index (κ1) is 29.0. The molecule has 14 heteroatoms. The highest BCUT2D eigenvalue weighted by Crippen LogP contribution is 2.30. The van der Waals surface area contributed by atoms with E-state index in [1.807, 2.05) is 53.1 Å². The molecule has 2 N–H and O–H groups in total. The van der Waals surface area contributed by atoms with Crippen LogP contribution < -0.4 is 0 Å². The molecule has 0 aliphatic carbocycles. The molecule has 0 unspecified atom stereocenters. The van der Waals surface area contributed by atoms with Crippen molar-refractivity contribution in [1.82, 2.24) is 35.1 Å². The van der Waals surface area contributed by atoms with E-state index in [1.165, 1.54) is 0 Å². The van der Waals surface area contributed by atoms with Gasteiger partial charge >= 0.3 is 6.09 Å². The molecule has 0 saturated carbocycles. The summed E-state index contributed by atoms with van der Waals surface area (Å²) in [5.41, 5.74) is 3.73. The number of ether oxygens (including phenoxy) is 1. The van der Waals surface area contributed by atoms with Crippen molar-refractivity contribution in [2.24, 2.45) is 0 Å². The van der Waals surface area contributed by atoms with Crippen LogP contribution in [0.2, 0.25) is 5.15 Å². The third-order valence-electron chi connectivity index (χ3n) is 5.98. The maximum Gasteiger partial charge on any atom is 0.453 e. The first-order valence-corrected chi connectivity index (χ1v) is 13.0. The number of hydrogen-bond acceptors (Lipinski definition) is 11. The van der Waals surface area contributed by atoms with Crippen molar-refractivity contribution in [3.05, 3.63) is 70.8 Å². The van der Waals surface area contributed by atoms with Gasteiger partial charge < -0.3 is 9.30 Å². The number of carbonyl (C=O) groups is 2. The van der Waals surface area contributed by atoms with E-state index < -0.39 is 11.5 Å². The number of tetrazole rings is 1. The number of hydrogen-bond donors (Lipinski definition) is 2. The molecule has 2 aromatic carbocycles. The molecule has 4 aromatic rings. The third kappa shape index (κ3) is 7.14. The molecule has 13 nitrogen and oxygen atoms in total. The quantitative estimate of drug-likeness (QED) is 0.133. The number of aldehydes is 1. The molecule has 0 fully saturated rings. The number of halogens is 1. The van der Waals surface area contributed by atoms with Crippen molar-refractivity contribution in [2.45, 2.75) is 39.2 Å². The first-order chi connectivity index (χ1) is 19.4. The van der Waals surface area contributed by atoms with Crippen LogP contribution in [0.1, 0.15) is 48.1 Å². The molecule has 0 amide bonds. The lowest BCUT2D eigenvalue weighted by molar-refractivity contribution is -0.492. The number of aryl methyl sites for hydroxylation is 1. The van der Waals surface area contributed by atoms with Gasteiger partial charge in [-0.2, -0.15) is 0 Å². The van der Waals surface area contributed by atoms with Gasteiger partial charge in [0.05, 0.1) is 18.6 Å². The molecule has 2 aromatic heterocycles. The van der Waals surface area contributed by atoms with Crippen molar-refractivity contribution in [3.8, 4) is 22.5 Å². The van der Waals surface area contributed by atoms with E-state index in [1.54, 1.807) is 0 Å². The molecular weight excluding hydrogens is 542 g/mol. The minimum Gasteiger partial charge on any atom is -0.447 e. The van der Waals surface area contributed by atoms with Gasteiger partial charge in [-0.15, -0.1) is 10.2 Å². The Balaban J connectivity index is 1.48. The fourth-order valence-electron chi connectivity index (χ4n) is 4.02. The summed E-state index contributed by atoms with van der Waals surface area (Å²) in [5.74, 6) is 1.02. The molecule has 0 bridgehead atoms. The van der Waals surface area contributed by atoms with Gasteiger partial charge in [0.2, 0.25) is 5.82 Å². The van der Waals surface area contributed by atoms with E-state index in [9.17, 15) is 9.59 Å². The van der Waals surface area contributed by atoms with Gasteiger partial charge in [0.15, 0.2) is 11.4 Å². The zero-order valence-electron chi connectivity index (χ0n) is 21.7. The molecule has 210 valence electrons. The molecule has 4 rings (SSSR count). The van der Waals surface area contributed by atoms with Gasteiger partial charge in [-0.3, -0.25) is 20.0 Å². The number of carbonyl (C=O) groups excluding carboxylic acids is 2. The second-order valence-electron chi connectivity index (χ2n) is 8.71. The predicted octanol–water partition coefficient (Wildman–Crippen LogP) is 4.45. The van der Waals surface area contributed by atoms with Crippen molar-refractivity contribution >= 4 is 24.0 Å². The summed E-state index contributed by atoms with van der Waals surface area (Å²) in [7, 11) is 0. The van der Waals surface area contributed by atoms with Crippen LogP contribution in [0.25, 0.3) is 22.5 Å². The highest BCUT2D eigenvalue weighted by Gasteiger charge is 2.18. The van der Waals surface area contributed by atoms with Crippen molar-refractivity contribution in [2.75, 3.05) is 13.2 Å². The number of aromatic nitrogens is 6. The normalized spacial score (nSPS) is 11.2. The van der Waals surface area contributed by atoms with Crippen LogP contribution in [-0.4, -0.2) is 71.2 Å². The fraction of sp³-hybridized carbons (Fsp3) is 0.308. The minimum atomic E-state index is -0.835. The number of benzene rings is 2. The summed E-state index contributed by atoms with van der Waals surface area (Å²) in [6, 6.07) is 15.3. The maximum atomic E-state index is 12.2. The molecule has 0 radical (unpaired) electrons. The largest absolute Gasteiger partial charge is 0.453 e. The van der Waals surface area contributed by atoms with Gasteiger partial charge in [0.25, 0.3) is 0 Å². The zero-order valence-corrected chi connectivity index (χ0v) is 22.4. The smallest absolute Gasteiger partial charge is 0.447 e. The molecule has 40 heavy (non-hydrogen) atoms. The van der Waals surface area contributed by atoms with Gasteiger partial charge in [-0.25, -0.2) is 9.78 Å². The Kier molecular flexibility index (Phi) is 10.0. The van der Waals surface area contributed by atoms with E-state index in [0.717, 1.165) is 52.9 Å². The summed E-state index contributed by atoms with van der Waals surface area (Å²) >= 11 is 6.21. The Bertz CT molecular complexity index is 1440. The SMILES string of the molecule is CCCCc1nc(Cl)c(C=O)n1Cc1ccc(-c2ccccc2-c2nnn(C(=O)OCCCON(O)O)n2)cc1. The lowest BCUT2D eigenvalue weighted by Gasteiger charge is -2.11. The molecule has 0 saturated heterocycles. The number of rotatable bonds is 13. The Morgan fingerprint density at radius 2 is 1.82 bits per heavy atom. The van der Waals surface area contributed by atoms with Crippen LogP contribution in [0.15, 0.2) is 48.5 Å². The number of unbranched alkanes of at least 4 members (excludes halogenated alkanes) is 1. The molecule has 0 spiro atoms. The Morgan fingerprint density at radius 3 is 2.52 bits per heavy atom. The van der Waals surface area contributed by atoms with Gasteiger partial charge in [-0.1, -0.05) is 78.3 Å². The average Bonchev–Trinajstić information content (AvgIpc) is 3.56. The van der Waals surface area contributed by atoms with Crippen LogP contribution in [0, 0.1) is 0 Å². The Hall–Kier alpha value is -4.01. The number of imidazole rings is 1. The maximum absolute atomic E-state index is 12.2. The second-order valence-corrected chi connectivity index (χ2v) is 9.07. The predicted molar refractivity (Wildman–Crippen MR) is 142 cm³/mol. The van der Waals surface area contributed by atoms with Crippen molar-refractivity contribution in [3.63, 3.8) is 0 Å². The van der Waals surface area contributed by atoms with Gasteiger partial charge in [0.1, 0.15) is 11.5 Å². The molecule has 0 atom stereocenters. The fourth-order valence-corrected chi connectivity index (χ4v) is 4.26. The first-order valence-electron chi connectivity index (χ1n) is 12.6. The third-order valence-corrected chi connectivity index (χ3v) is 6.26. The van der Waals surface area contributed by atoms with E-state index in [0.29, 0.717) is 17.8 Å². The summed E-state index contributed by atoms with van der Waals surface area (Å²) in [5, 5.41) is 28.8. The second kappa shape index (κ2) is 13.9. The molecule has 0 aliphatic heterocycles. The van der Waals surface area contributed by atoms with Crippen molar-refractivity contribution in [1.29, 1.82) is 0 Å². The molecular formula is C26H28ClN7O6. The van der Waals surface area contributed by atoms with Crippen LogP contribution in [0.3, 0.4) is 0 Å². The van der Waals surface area contributed by atoms with E-state index in [4.69, 9.17) is 26.8 Å². The van der Waals surface area contributed by atoms with Gasteiger partial charge in [0, 0.05) is 24.9 Å². The minimum absolute atomic E-state index is 0.0494. The lowest BCUT2D eigenvalue weighted by Crippen LogP contribution is -2.19. The Morgan fingerprint density at radius 1 is 1.07 bits per heavy atom. The molecule has 0 aliphatic rings. The standard InChI is InChI=1S/C26H28ClN7O6/c1-2-3-9-23-28-24(27)22(17-35)32(23)16-18-10-12-19(13-11-18)20-7-4-5-8-21(20)25-29-31-33(30-25)26(36)39-14-6-15-40-34(37)38/h4-5,7-8,10-13,17,37-38H,2-3,6,9,14-16H2,1H3. The Labute approximate surface area is 234 Å². The van der Waals surface area contributed by atoms with Gasteiger partial charge in [-0.05, 0) is 28.3 Å². The van der Waals surface area contributed by atoms with Crippen molar-refractivity contribution < 1.29 is 29.6 Å². The summed E-state index contributed by atoms with van der Waals surface area (Å²) in [4.78, 5) is 33.4.